The molecule has 0 bridgehead atoms. The number of aromatic nitrogens is 3. The van der Waals surface area contributed by atoms with Gasteiger partial charge in [0, 0.05) is 10.6 Å². The minimum atomic E-state index is -0.408. The molecule has 0 saturated carbocycles. The number of halogens is 1. The first-order valence-electron chi connectivity index (χ1n) is 8.83. The van der Waals surface area contributed by atoms with E-state index in [1.54, 1.807) is 32.2 Å². The van der Waals surface area contributed by atoms with Gasteiger partial charge in [-0.05, 0) is 37.1 Å². The van der Waals surface area contributed by atoms with Crippen LogP contribution in [0.2, 0.25) is 5.02 Å². The lowest BCUT2D eigenvalue weighted by molar-refractivity contribution is -0.115. The van der Waals surface area contributed by atoms with Gasteiger partial charge >= 0.3 is 0 Å². The van der Waals surface area contributed by atoms with Gasteiger partial charge in [0.15, 0.2) is 5.82 Å². The number of nitrogens with zero attached hydrogens (tertiary/aromatic N) is 2. The first-order valence-corrected chi connectivity index (χ1v) is 10.1. The van der Waals surface area contributed by atoms with Gasteiger partial charge in [-0.25, -0.2) is 4.98 Å². The predicted octanol–water partition coefficient (Wildman–Crippen LogP) is 4.82. The van der Waals surface area contributed by atoms with Crippen LogP contribution in [0.1, 0.15) is 19.4 Å². The summed E-state index contributed by atoms with van der Waals surface area (Å²) in [5.74, 6) is 1.03. The summed E-state index contributed by atoms with van der Waals surface area (Å²) >= 11 is 7.28. The Morgan fingerprint density at radius 2 is 2.04 bits per heavy atom. The number of carbonyl (C=O) groups is 1. The average Bonchev–Trinajstić information content (AvgIpc) is 3.16. The van der Waals surface area contributed by atoms with Crippen molar-refractivity contribution < 1.29 is 9.53 Å². The van der Waals surface area contributed by atoms with Gasteiger partial charge in [-0.1, -0.05) is 54.6 Å². The normalized spacial score (nSPS) is 11.9. The SMILES string of the molecule is CCc1ccc(-c2nc(S[C@H](C)C(=O)Nc3cc(Cl)ccc3OC)n[nH]2)cc1. The van der Waals surface area contributed by atoms with Crippen LogP contribution in [0.25, 0.3) is 11.4 Å². The summed E-state index contributed by atoms with van der Waals surface area (Å²) in [6, 6.07) is 13.2. The summed E-state index contributed by atoms with van der Waals surface area (Å²) in [6.45, 7) is 3.91. The number of carbonyl (C=O) groups excluding carboxylic acids is 1. The molecule has 0 aliphatic carbocycles. The summed E-state index contributed by atoms with van der Waals surface area (Å²) in [4.78, 5) is 17.0. The van der Waals surface area contributed by atoms with E-state index in [-0.39, 0.29) is 5.91 Å². The topological polar surface area (TPSA) is 79.9 Å². The lowest BCUT2D eigenvalue weighted by Gasteiger charge is -2.13. The fraction of sp³-hybridized carbons (Fsp3) is 0.250. The molecule has 0 aliphatic rings. The van der Waals surface area contributed by atoms with E-state index >= 15 is 0 Å². The van der Waals surface area contributed by atoms with Crippen LogP contribution in [0.5, 0.6) is 5.75 Å². The molecule has 0 unspecified atom stereocenters. The number of aryl methyl sites for hydroxylation is 1. The average molecular weight is 417 g/mol. The Morgan fingerprint density at radius 3 is 2.71 bits per heavy atom. The van der Waals surface area contributed by atoms with Crippen molar-refractivity contribution in [3.8, 4) is 17.1 Å². The standard InChI is InChI=1S/C20H21ClN4O2S/c1-4-13-5-7-14(8-6-13)18-23-20(25-24-18)28-12(2)19(26)22-16-11-15(21)9-10-17(16)27-3/h5-12H,4H2,1-3H3,(H,22,26)(H,23,24,25)/t12-/m1/s1. The molecule has 0 aliphatic heterocycles. The smallest absolute Gasteiger partial charge is 0.237 e. The van der Waals surface area contributed by atoms with Gasteiger partial charge in [-0.2, -0.15) is 0 Å². The molecule has 0 saturated heterocycles. The molecule has 0 radical (unpaired) electrons. The maximum Gasteiger partial charge on any atom is 0.237 e. The molecule has 1 amide bonds. The van der Waals surface area contributed by atoms with E-state index in [9.17, 15) is 4.79 Å². The number of thioether (sulfide) groups is 1. The number of rotatable bonds is 7. The third-order valence-electron chi connectivity index (χ3n) is 4.17. The highest BCUT2D eigenvalue weighted by Crippen LogP contribution is 2.29. The fourth-order valence-corrected chi connectivity index (χ4v) is 3.45. The van der Waals surface area contributed by atoms with Crippen molar-refractivity contribution in [2.24, 2.45) is 0 Å². The second-order valence-electron chi connectivity index (χ2n) is 6.11. The first kappa shape index (κ1) is 20.2. The molecular weight excluding hydrogens is 396 g/mol. The molecule has 6 nitrogen and oxygen atoms in total. The number of nitrogens with one attached hydrogen (secondary N) is 2. The quantitative estimate of drug-likeness (QED) is 0.540. The molecule has 1 heterocycles. The number of hydrogen-bond donors (Lipinski definition) is 2. The van der Waals surface area contributed by atoms with Crippen molar-refractivity contribution in [2.75, 3.05) is 12.4 Å². The maximum atomic E-state index is 12.5. The van der Waals surface area contributed by atoms with E-state index in [1.807, 2.05) is 12.1 Å². The van der Waals surface area contributed by atoms with Crippen LogP contribution in [0.15, 0.2) is 47.6 Å². The number of H-pyrrole nitrogens is 1. The molecule has 2 aromatic carbocycles. The van der Waals surface area contributed by atoms with Crippen molar-refractivity contribution in [3.05, 3.63) is 53.1 Å². The van der Waals surface area contributed by atoms with Gasteiger partial charge in [-0.3, -0.25) is 9.89 Å². The summed E-state index contributed by atoms with van der Waals surface area (Å²) in [5, 5.41) is 10.6. The summed E-state index contributed by atoms with van der Waals surface area (Å²) in [6.07, 6.45) is 0.988. The number of anilines is 1. The summed E-state index contributed by atoms with van der Waals surface area (Å²) in [5.41, 5.74) is 2.75. The number of methoxy groups -OCH3 is 1. The van der Waals surface area contributed by atoms with E-state index in [1.165, 1.54) is 17.3 Å². The number of amides is 1. The van der Waals surface area contributed by atoms with E-state index in [0.717, 1.165) is 12.0 Å². The van der Waals surface area contributed by atoms with Gasteiger partial charge in [0.1, 0.15) is 5.75 Å². The number of aromatic amines is 1. The van der Waals surface area contributed by atoms with Crippen LogP contribution >= 0.6 is 23.4 Å². The summed E-state index contributed by atoms with van der Waals surface area (Å²) < 4.78 is 5.26. The predicted molar refractivity (Wildman–Crippen MR) is 113 cm³/mol. The van der Waals surface area contributed by atoms with Crippen molar-refractivity contribution in [2.45, 2.75) is 30.7 Å². The third kappa shape index (κ3) is 4.85. The number of hydrogen-bond acceptors (Lipinski definition) is 5. The maximum absolute atomic E-state index is 12.5. The molecule has 8 heteroatoms. The molecule has 1 aromatic heterocycles. The molecule has 1 atom stereocenters. The molecule has 2 N–H and O–H groups in total. The lowest BCUT2D eigenvalue weighted by atomic mass is 10.1. The second-order valence-corrected chi connectivity index (χ2v) is 7.86. The van der Waals surface area contributed by atoms with Crippen molar-refractivity contribution in [3.63, 3.8) is 0 Å². The zero-order valence-electron chi connectivity index (χ0n) is 15.8. The van der Waals surface area contributed by atoms with Gasteiger partial charge in [-0.15, -0.1) is 5.10 Å². The summed E-state index contributed by atoms with van der Waals surface area (Å²) in [7, 11) is 1.54. The van der Waals surface area contributed by atoms with E-state index in [2.05, 4.69) is 39.6 Å². The highest BCUT2D eigenvalue weighted by Gasteiger charge is 2.19. The van der Waals surface area contributed by atoms with Gasteiger partial charge in [0.2, 0.25) is 11.1 Å². The largest absolute Gasteiger partial charge is 0.495 e. The van der Waals surface area contributed by atoms with Crippen molar-refractivity contribution in [1.29, 1.82) is 0 Å². The van der Waals surface area contributed by atoms with Gasteiger partial charge < -0.3 is 10.1 Å². The highest BCUT2D eigenvalue weighted by molar-refractivity contribution is 8.00. The molecule has 3 aromatic rings. The van der Waals surface area contributed by atoms with Gasteiger partial charge in [0.25, 0.3) is 0 Å². The minimum absolute atomic E-state index is 0.191. The Balaban J connectivity index is 1.66. The monoisotopic (exact) mass is 416 g/mol. The zero-order chi connectivity index (χ0) is 20.1. The van der Waals surface area contributed by atoms with Crippen LogP contribution in [0.3, 0.4) is 0 Å². The minimum Gasteiger partial charge on any atom is -0.495 e. The van der Waals surface area contributed by atoms with E-state index in [0.29, 0.717) is 27.4 Å². The Kier molecular flexibility index (Phi) is 6.59. The zero-order valence-corrected chi connectivity index (χ0v) is 17.4. The Labute approximate surface area is 173 Å². The van der Waals surface area contributed by atoms with Crippen LogP contribution in [0.4, 0.5) is 5.69 Å². The Hall–Kier alpha value is -2.51. The van der Waals surface area contributed by atoms with Crippen molar-refractivity contribution in [1.82, 2.24) is 15.2 Å². The Bertz CT molecular complexity index is 959. The second kappa shape index (κ2) is 9.12. The molecule has 3 rings (SSSR count). The fourth-order valence-electron chi connectivity index (χ4n) is 2.55. The van der Waals surface area contributed by atoms with E-state index < -0.39 is 5.25 Å². The molecule has 0 fully saturated rings. The van der Waals surface area contributed by atoms with Crippen LogP contribution < -0.4 is 10.1 Å². The number of benzene rings is 2. The molecule has 0 spiro atoms. The third-order valence-corrected chi connectivity index (χ3v) is 5.37. The first-order chi connectivity index (χ1) is 13.5. The highest BCUT2D eigenvalue weighted by atomic mass is 35.5. The molecular formula is C20H21ClN4O2S. The van der Waals surface area contributed by atoms with Crippen LogP contribution in [0, 0.1) is 0 Å². The molecule has 28 heavy (non-hydrogen) atoms. The van der Waals surface area contributed by atoms with Gasteiger partial charge in [0.05, 0.1) is 18.0 Å². The van der Waals surface area contributed by atoms with Crippen LogP contribution in [-0.4, -0.2) is 33.4 Å². The van der Waals surface area contributed by atoms with E-state index in [4.69, 9.17) is 16.3 Å². The molecule has 146 valence electrons. The Morgan fingerprint density at radius 1 is 1.29 bits per heavy atom. The number of ether oxygens (including phenoxy) is 1. The van der Waals surface area contributed by atoms with Crippen molar-refractivity contribution >= 4 is 35.0 Å². The van der Waals surface area contributed by atoms with Crippen LogP contribution in [-0.2, 0) is 11.2 Å². The lowest BCUT2D eigenvalue weighted by Crippen LogP contribution is -2.22.